The van der Waals surface area contributed by atoms with E-state index in [1.165, 1.54) is 12.1 Å². The minimum Gasteiger partial charge on any atom is -0.444 e. The Kier molecular flexibility index (Phi) is 4.40. The molecule has 140 valence electrons. The topological polar surface area (TPSA) is 128 Å². The maximum atomic E-state index is 12.2. The van der Waals surface area contributed by atoms with Gasteiger partial charge in [-0.15, -0.1) is 0 Å². The summed E-state index contributed by atoms with van der Waals surface area (Å²) in [6, 6.07) is 7.14. The number of anilines is 1. The fourth-order valence-corrected chi connectivity index (χ4v) is 2.21. The summed E-state index contributed by atoms with van der Waals surface area (Å²) in [5, 5.41) is 6.04. The molecule has 0 aliphatic carbocycles. The lowest BCUT2D eigenvalue weighted by molar-refractivity contribution is -0.0590. The van der Waals surface area contributed by atoms with Gasteiger partial charge in [0, 0.05) is 6.07 Å². The van der Waals surface area contributed by atoms with Crippen LogP contribution in [0.1, 0.15) is 52.0 Å². The number of amides is 3. The number of aromatic nitrogens is 1. The van der Waals surface area contributed by atoms with Crippen molar-refractivity contribution >= 4 is 29.8 Å². The van der Waals surface area contributed by atoms with Crippen LogP contribution in [0, 0.1) is 0 Å². The molecule has 27 heavy (non-hydrogen) atoms. The molecular formula is C17H15N3O7. The molecule has 0 bridgehead atoms. The van der Waals surface area contributed by atoms with Crippen molar-refractivity contribution in [3.05, 3.63) is 47.2 Å². The number of hydrogen-bond acceptors (Lipinski definition) is 8. The van der Waals surface area contributed by atoms with Crippen LogP contribution >= 0.6 is 0 Å². The molecule has 10 heteroatoms. The molecular weight excluding hydrogens is 358 g/mol. The number of rotatable bonds is 3. The van der Waals surface area contributed by atoms with Gasteiger partial charge in [0.05, 0.1) is 11.1 Å². The number of hydrogen-bond donors (Lipinski definition) is 1. The largest absolute Gasteiger partial charge is 0.444 e. The van der Waals surface area contributed by atoms with Crippen molar-refractivity contribution in [2.45, 2.75) is 26.4 Å². The molecule has 0 saturated carbocycles. The Morgan fingerprint density at radius 2 is 1.70 bits per heavy atom. The van der Waals surface area contributed by atoms with Crippen molar-refractivity contribution in [3.63, 3.8) is 0 Å². The van der Waals surface area contributed by atoms with E-state index in [1.807, 2.05) is 0 Å². The van der Waals surface area contributed by atoms with Gasteiger partial charge in [0.2, 0.25) is 5.88 Å². The maximum Gasteiger partial charge on any atom is 0.414 e. The van der Waals surface area contributed by atoms with Crippen LogP contribution in [-0.4, -0.2) is 39.7 Å². The maximum absolute atomic E-state index is 12.2. The van der Waals surface area contributed by atoms with E-state index in [4.69, 9.17) is 14.1 Å². The van der Waals surface area contributed by atoms with E-state index in [-0.39, 0.29) is 22.7 Å². The monoisotopic (exact) mass is 373 g/mol. The van der Waals surface area contributed by atoms with Crippen LogP contribution in [0.25, 0.3) is 0 Å². The third-order valence-corrected chi connectivity index (χ3v) is 3.27. The van der Waals surface area contributed by atoms with Gasteiger partial charge >= 0.3 is 12.1 Å². The minimum atomic E-state index is -1.11. The number of carbonyl (C=O) groups is 4. The van der Waals surface area contributed by atoms with Crippen molar-refractivity contribution in [1.29, 1.82) is 0 Å². The van der Waals surface area contributed by atoms with E-state index >= 15 is 0 Å². The van der Waals surface area contributed by atoms with Crippen molar-refractivity contribution in [1.82, 2.24) is 10.2 Å². The number of benzene rings is 1. The Balaban J connectivity index is 1.66. The van der Waals surface area contributed by atoms with E-state index in [0.717, 1.165) is 6.07 Å². The van der Waals surface area contributed by atoms with Gasteiger partial charge in [0.1, 0.15) is 5.60 Å². The van der Waals surface area contributed by atoms with Crippen LogP contribution in [0.5, 0.6) is 0 Å². The predicted octanol–water partition coefficient (Wildman–Crippen LogP) is 2.39. The van der Waals surface area contributed by atoms with Gasteiger partial charge in [-0.05, 0) is 32.9 Å². The van der Waals surface area contributed by atoms with Gasteiger partial charge in [-0.3, -0.25) is 14.9 Å². The summed E-state index contributed by atoms with van der Waals surface area (Å²) in [6.45, 7) is 5.04. The number of nitrogens with zero attached hydrogens (tertiary/aromatic N) is 2. The van der Waals surface area contributed by atoms with Gasteiger partial charge in [-0.25, -0.2) is 9.59 Å². The zero-order valence-electron chi connectivity index (χ0n) is 14.6. The van der Waals surface area contributed by atoms with Gasteiger partial charge in [0.15, 0.2) is 5.69 Å². The molecule has 1 aliphatic rings. The van der Waals surface area contributed by atoms with Crippen molar-refractivity contribution in [3.8, 4) is 0 Å². The molecule has 0 fully saturated rings. The smallest absolute Gasteiger partial charge is 0.414 e. The fourth-order valence-electron chi connectivity index (χ4n) is 2.21. The minimum absolute atomic E-state index is 0.128. The zero-order valence-corrected chi connectivity index (χ0v) is 14.6. The first-order valence-electron chi connectivity index (χ1n) is 7.82. The first kappa shape index (κ1) is 18.1. The second kappa shape index (κ2) is 6.56. The standard InChI is InChI=1S/C17H15N3O7/c1-17(2,3)25-16(24)18-12-8-11(19-26-12)15(23)27-20-13(21)9-6-4-5-7-10(9)14(20)22/h4-8H,1-3H3,(H,18,24). The third-order valence-electron chi connectivity index (χ3n) is 3.27. The van der Waals surface area contributed by atoms with E-state index in [9.17, 15) is 19.2 Å². The summed E-state index contributed by atoms with van der Waals surface area (Å²) >= 11 is 0. The fraction of sp³-hybridized carbons (Fsp3) is 0.235. The first-order valence-corrected chi connectivity index (χ1v) is 7.82. The zero-order chi connectivity index (χ0) is 19.8. The van der Waals surface area contributed by atoms with Gasteiger partial charge in [-0.1, -0.05) is 22.4 Å². The quantitative estimate of drug-likeness (QED) is 0.812. The number of imide groups is 1. The van der Waals surface area contributed by atoms with Gasteiger partial charge in [-0.2, -0.15) is 0 Å². The summed E-state index contributed by atoms with van der Waals surface area (Å²) in [6.07, 6.45) is -0.807. The second-order valence-electron chi connectivity index (χ2n) is 6.53. The molecule has 0 unspecified atom stereocenters. The van der Waals surface area contributed by atoms with Crippen molar-refractivity contribution in [2.75, 3.05) is 5.32 Å². The molecule has 2 heterocycles. The number of fused-ring (bicyclic) bond motifs is 1. The molecule has 0 spiro atoms. The molecule has 2 aromatic rings. The van der Waals surface area contributed by atoms with E-state index in [2.05, 4.69) is 10.5 Å². The van der Waals surface area contributed by atoms with Crippen LogP contribution in [0.4, 0.5) is 10.7 Å². The lowest BCUT2D eigenvalue weighted by Crippen LogP contribution is -2.32. The number of nitrogens with one attached hydrogen (secondary N) is 1. The first-order chi connectivity index (χ1) is 12.7. The summed E-state index contributed by atoms with van der Waals surface area (Å²) in [4.78, 5) is 53.0. The summed E-state index contributed by atoms with van der Waals surface area (Å²) < 4.78 is 9.83. The Bertz CT molecular complexity index is 907. The highest BCUT2D eigenvalue weighted by Crippen LogP contribution is 2.23. The third kappa shape index (κ3) is 3.78. The normalized spacial score (nSPS) is 13.4. The van der Waals surface area contributed by atoms with E-state index in [1.54, 1.807) is 32.9 Å². The summed E-state index contributed by atoms with van der Waals surface area (Å²) in [5.41, 5.74) is -0.819. The SMILES string of the molecule is CC(C)(C)OC(=O)Nc1cc(C(=O)ON2C(=O)c3ccccc3C2=O)no1. The van der Waals surface area contributed by atoms with Gasteiger partial charge in [0.25, 0.3) is 11.8 Å². The van der Waals surface area contributed by atoms with E-state index < -0.39 is 29.5 Å². The van der Waals surface area contributed by atoms with Crippen LogP contribution in [0.15, 0.2) is 34.9 Å². The Morgan fingerprint density at radius 1 is 1.11 bits per heavy atom. The van der Waals surface area contributed by atoms with Crippen molar-refractivity contribution < 1.29 is 33.3 Å². The number of hydroxylamine groups is 2. The molecule has 1 aromatic heterocycles. The number of carbonyl (C=O) groups excluding carboxylic acids is 4. The lowest BCUT2D eigenvalue weighted by Gasteiger charge is -2.18. The number of ether oxygens (including phenoxy) is 1. The van der Waals surface area contributed by atoms with E-state index in [0.29, 0.717) is 5.06 Å². The Morgan fingerprint density at radius 3 is 2.26 bits per heavy atom. The molecule has 10 nitrogen and oxygen atoms in total. The molecule has 1 aromatic carbocycles. The average molecular weight is 373 g/mol. The average Bonchev–Trinajstić information content (AvgIpc) is 3.13. The highest BCUT2D eigenvalue weighted by molar-refractivity contribution is 6.21. The Hall–Kier alpha value is -3.69. The van der Waals surface area contributed by atoms with Crippen LogP contribution in [0.2, 0.25) is 0 Å². The molecule has 0 radical (unpaired) electrons. The molecule has 0 saturated heterocycles. The van der Waals surface area contributed by atoms with Crippen LogP contribution in [-0.2, 0) is 9.57 Å². The van der Waals surface area contributed by atoms with Gasteiger partial charge < -0.3 is 14.1 Å². The molecule has 1 N–H and O–H groups in total. The molecule has 1 aliphatic heterocycles. The highest BCUT2D eigenvalue weighted by Gasteiger charge is 2.39. The van der Waals surface area contributed by atoms with Crippen LogP contribution < -0.4 is 5.32 Å². The molecule has 3 rings (SSSR count). The molecule has 0 atom stereocenters. The molecule has 3 amide bonds. The second-order valence-corrected chi connectivity index (χ2v) is 6.53. The predicted molar refractivity (Wildman–Crippen MR) is 88.7 cm³/mol. The van der Waals surface area contributed by atoms with Crippen molar-refractivity contribution in [2.24, 2.45) is 0 Å². The lowest BCUT2D eigenvalue weighted by atomic mass is 10.1. The highest BCUT2D eigenvalue weighted by atomic mass is 16.7. The summed E-state index contributed by atoms with van der Waals surface area (Å²) in [7, 11) is 0. The Labute approximate surface area is 153 Å². The van der Waals surface area contributed by atoms with Crippen LogP contribution in [0.3, 0.4) is 0 Å². The summed E-state index contributed by atoms with van der Waals surface area (Å²) in [5.74, 6) is -2.80.